The second-order valence-corrected chi connectivity index (χ2v) is 7.95. The fourth-order valence-corrected chi connectivity index (χ4v) is 6.07. The van der Waals surface area contributed by atoms with E-state index in [9.17, 15) is 4.57 Å². The minimum absolute atomic E-state index is 0.654. The van der Waals surface area contributed by atoms with Gasteiger partial charge in [0, 0.05) is 10.6 Å². The van der Waals surface area contributed by atoms with Crippen molar-refractivity contribution in [3.05, 3.63) is 60.7 Å². The van der Waals surface area contributed by atoms with Gasteiger partial charge in [-0.3, -0.25) is 0 Å². The van der Waals surface area contributed by atoms with Crippen molar-refractivity contribution < 1.29 is 4.57 Å². The first-order valence-corrected chi connectivity index (χ1v) is 8.75. The Morgan fingerprint density at radius 3 is 1.65 bits per heavy atom. The molecule has 0 bridgehead atoms. The van der Waals surface area contributed by atoms with Crippen LogP contribution >= 0.6 is 18.9 Å². The lowest BCUT2D eigenvalue weighted by Crippen LogP contribution is -2.17. The van der Waals surface area contributed by atoms with Crippen LogP contribution in [-0.2, 0) is 4.57 Å². The molecule has 2 rings (SSSR count). The third-order valence-corrected chi connectivity index (χ3v) is 7.41. The Kier molecular flexibility index (Phi) is 4.09. The molecule has 2 aromatic rings. The normalized spacial score (nSPS) is 11.4. The lowest BCUT2D eigenvalue weighted by atomic mass is 10.4. The second-order valence-electron chi connectivity index (χ2n) is 3.83. The summed E-state index contributed by atoms with van der Waals surface area (Å²) in [4.78, 5) is 0. The van der Waals surface area contributed by atoms with Crippen molar-refractivity contribution in [2.24, 2.45) is 0 Å². The van der Waals surface area contributed by atoms with Crippen LogP contribution in [0.2, 0.25) is 0 Å². The first-order valence-electron chi connectivity index (χ1n) is 5.46. The molecule has 0 aromatic heterocycles. The molecule has 2 aromatic carbocycles. The summed E-state index contributed by atoms with van der Waals surface area (Å²) in [6.45, 7) is 0. The van der Waals surface area contributed by atoms with Gasteiger partial charge in [0.25, 0.3) is 0 Å². The van der Waals surface area contributed by atoms with Crippen LogP contribution in [0.15, 0.2) is 60.7 Å². The van der Waals surface area contributed by atoms with Crippen molar-refractivity contribution in [1.82, 2.24) is 0 Å². The van der Waals surface area contributed by atoms with Crippen molar-refractivity contribution in [2.45, 2.75) is 0 Å². The predicted molar refractivity (Wildman–Crippen MR) is 78.1 cm³/mol. The average Bonchev–Trinajstić information content (AvgIpc) is 2.41. The molecule has 1 nitrogen and oxygen atoms in total. The van der Waals surface area contributed by atoms with Crippen molar-refractivity contribution in [1.29, 1.82) is 0 Å². The van der Waals surface area contributed by atoms with Gasteiger partial charge in [-0.1, -0.05) is 60.7 Å². The van der Waals surface area contributed by atoms with Gasteiger partial charge in [0.1, 0.15) is 0 Å². The van der Waals surface area contributed by atoms with Crippen molar-refractivity contribution in [3.63, 3.8) is 0 Å². The topological polar surface area (TPSA) is 17.1 Å². The van der Waals surface area contributed by atoms with Crippen molar-refractivity contribution in [2.75, 3.05) is 11.7 Å². The third-order valence-electron chi connectivity index (χ3n) is 2.66. The van der Waals surface area contributed by atoms with E-state index >= 15 is 0 Å². The van der Waals surface area contributed by atoms with Crippen LogP contribution in [0.5, 0.6) is 0 Å². The summed E-state index contributed by atoms with van der Waals surface area (Å²) >= 11 is 1.64. The van der Waals surface area contributed by atoms with Gasteiger partial charge in [0.05, 0.1) is 5.49 Å². The first-order chi connectivity index (χ1) is 8.27. The molecule has 0 saturated heterocycles. The van der Waals surface area contributed by atoms with Gasteiger partial charge >= 0.3 is 0 Å². The maximum absolute atomic E-state index is 13.2. The Labute approximate surface area is 107 Å². The van der Waals surface area contributed by atoms with E-state index < -0.39 is 7.14 Å². The number of hydrogen-bond acceptors (Lipinski definition) is 2. The maximum Gasteiger partial charge on any atom is 0.152 e. The largest absolute Gasteiger partial charge is 0.313 e. The molecule has 3 heteroatoms. The molecule has 0 spiro atoms. The van der Waals surface area contributed by atoms with Gasteiger partial charge in [0.15, 0.2) is 7.14 Å². The lowest BCUT2D eigenvalue weighted by Gasteiger charge is -2.18. The molecular formula is C14H15OPS. The SMILES string of the molecule is CSCP(=O)(c1ccccc1)c1ccccc1. The summed E-state index contributed by atoms with van der Waals surface area (Å²) < 4.78 is 13.2. The number of benzene rings is 2. The summed E-state index contributed by atoms with van der Waals surface area (Å²) in [7, 11) is -2.46. The van der Waals surface area contributed by atoms with Crippen LogP contribution in [-0.4, -0.2) is 11.7 Å². The van der Waals surface area contributed by atoms with E-state index in [2.05, 4.69) is 0 Å². The van der Waals surface area contributed by atoms with Gasteiger partial charge in [-0.2, -0.15) is 11.8 Å². The highest BCUT2D eigenvalue weighted by Crippen LogP contribution is 2.45. The van der Waals surface area contributed by atoms with Crippen LogP contribution < -0.4 is 10.6 Å². The highest BCUT2D eigenvalue weighted by molar-refractivity contribution is 8.07. The van der Waals surface area contributed by atoms with Crippen LogP contribution in [0.1, 0.15) is 0 Å². The van der Waals surface area contributed by atoms with Crippen molar-refractivity contribution in [3.8, 4) is 0 Å². The minimum atomic E-state index is -2.46. The smallest absolute Gasteiger partial charge is 0.152 e. The Morgan fingerprint density at radius 2 is 1.29 bits per heavy atom. The van der Waals surface area contributed by atoms with Crippen LogP contribution in [0.4, 0.5) is 0 Å². The third kappa shape index (κ3) is 2.65. The van der Waals surface area contributed by atoms with E-state index in [1.807, 2.05) is 66.9 Å². The van der Waals surface area contributed by atoms with E-state index in [0.29, 0.717) is 5.49 Å². The molecule has 0 aliphatic heterocycles. The minimum Gasteiger partial charge on any atom is -0.313 e. The summed E-state index contributed by atoms with van der Waals surface area (Å²) in [5.74, 6) is 0. The Balaban J connectivity index is 2.51. The summed E-state index contributed by atoms with van der Waals surface area (Å²) in [6, 6.07) is 19.6. The molecule has 0 N–H and O–H groups in total. The van der Waals surface area contributed by atoms with E-state index in [0.717, 1.165) is 10.6 Å². The fourth-order valence-electron chi connectivity index (χ4n) is 1.82. The lowest BCUT2D eigenvalue weighted by molar-refractivity contribution is 0.590. The van der Waals surface area contributed by atoms with Crippen LogP contribution in [0.25, 0.3) is 0 Å². The zero-order chi connectivity index (χ0) is 12.1. The average molecular weight is 262 g/mol. The highest BCUT2D eigenvalue weighted by atomic mass is 32.2. The summed E-state index contributed by atoms with van der Waals surface area (Å²) in [5.41, 5.74) is 0.654. The molecule has 0 atom stereocenters. The van der Waals surface area contributed by atoms with E-state index in [-0.39, 0.29) is 0 Å². The molecule has 0 radical (unpaired) electrons. The highest BCUT2D eigenvalue weighted by Gasteiger charge is 2.25. The zero-order valence-electron chi connectivity index (χ0n) is 9.74. The second kappa shape index (κ2) is 5.57. The Hall–Kier alpha value is -0.980. The van der Waals surface area contributed by atoms with Gasteiger partial charge in [-0.05, 0) is 6.26 Å². The van der Waals surface area contributed by atoms with Gasteiger partial charge in [0.2, 0.25) is 0 Å². The quantitative estimate of drug-likeness (QED) is 0.786. The number of thioether (sulfide) groups is 1. The van der Waals surface area contributed by atoms with Gasteiger partial charge in [-0.15, -0.1) is 0 Å². The van der Waals surface area contributed by atoms with Gasteiger partial charge in [-0.25, -0.2) is 0 Å². The molecule has 17 heavy (non-hydrogen) atoms. The van der Waals surface area contributed by atoms with Crippen LogP contribution in [0.3, 0.4) is 0 Å². The number of hydrogen-bond donors (Lipinski definition) is 0. The monoisotopic (exact) mass is 262 g/mol. The van der Waals surface area contributed by atoms with Crippen LogP contribution in [0, 0.1) is 0 Å². The summed E-state index contributed by atoms with van der Waals surface area (Å²) in [5, 5.41) is 1.89. The Morgan fingerprint density at radius 1 is 0.882 bits per heavy atom. The Bertz CT molecular complexity index is 467. The fraction of sp³-hybridized carbons (Fsp3) is 0.143. The van der Waals surface area contributed by atoms with E-state index in [1.165, 1.54) is 0 Å². The maximum atomic E-state index is 13.2. The van der Waals surface area contributed by atoms with E-state index in [4.69, 9.17) is 0 Å². The zero-order valence-corrected chi connectivity index (χ0v) is 11.5. The molecule has 0 heterocycles. The standard InChI is InChI=1S/C14H15OPS/c1-17-12-16(15,13-8-4-2-5-9-13)14-10-6-3-7-11-14/h2-11H,12H2,1H3. The molecule has 0 aliphatic rings. The molecule has 0 unspecified atom stereocenters. The molecule has 88 valence electrons. The van der Waals surface area contributed by atoms with E-state index in [1.54, 1.807) is 11.8 Å². The molecule has 0 aliphatic carbocycles. The van der Waals surface area contributed by atoms with Crippen molar-refractivity contribution >= 4 is 29.5 Å². The molecule has 0 saturated carbocycles. The predicted octanol–water partition coefficient (Wildman–Crippen LogP) is 3.32. The molecule has 0 fully saturated rings. The summed E-state index contributed by atoms with van der Waals surface area (Å²) in [6.07, 6.45) is 2.00. The van der Waals surface area contributed by atoms with Gasteiger partial charge < -0.3 is 4.57 Å². The first kappa shape index (κ1) is 12.5. The molecule has 0 amide bonds. The molecular weight excluding hydrogens is 247 g/mol. The number of rotatable bonds is 4.